The van der Waals surface area contributed by atoms with Crippen LogP contribution in [0.2, 0.25) is 0 Å². The zero-order chi connectivity index (χ0) is 13.8. The lowest BCUT2D eigenvalue weighted by Crippen LogP contribution is -2.24. The van der Waals surface area contributed by atoms with Gasteiger partial charge < -0.3 is 5.32 Å². The fraction of sp³-hybridized carbons (Fsp3) is 0.375. The SMILES string of the molecule is CCCNC(c1ccsc1)c1c(C)cc(F)cc1C. The average molecular weight is 277 g/mol. The van der Waals surface area contributed by atoms with E-state index in [0.29, 0.717) is 0 Å². The predicted octanol–water partition coefficient (Wildman–Crippen LogP) is 4.59. The quantitative estimate of drug-likeness (QED) is 0.842. The van der Waals surface area contributed by atoms with Crippen LogP contribution in [0.1, 0.15) is 41.6 Å². The van der Waals surface area contributed by atoms with Gasteiger partial charge in [0.05, 0.1) is 6.04 Å². The van der Waals surface area contributed by atoms with E-state index >= 15 is 0 Å². The first-order chi connectivity index (χ1) is 9.13. The van der Waals surface area contributed by atoms with E-state index in [1.165, 1.54) is 11.1 Å². The average Bonchev–Trinajstić information content (AvgIpc) is 2.85. The number of hydrogen-bond acceptors (Lipinski definition) is 2. The van der Waals surface area contributed by atoms with E-state index in [9.17, 15) is 4.39 Å². The summed E-state index contributed by atoms with van der Waals surface area (Å²) in [5, 5.41) is 7.82. The molecule has 1 unspecified atom stereocenters. The van der Waals surface area contributed by atoms with Crippen molar-refractivity contribution in [2.24, 2.45) is 0 Å². The molecule has 19 heavy (non-hydrogen) atoms. The lowest BCUT2D eigenvalue weighted by Gasteiger charge is -2.22. The Balaban J connectivity index is 2.44. The van der Waals surface area contributed by atoms with Crippen molar-refractivity contribution >= 4 is 11.3 Å². The van der Waals surface area contributed by atoms with Crippen LogP contribution >= 0.6 is 11.3 Å². The highest BCUT2D eigenvalue weighted by Gasteiger charge is 2.18. The molecule has 0 amide bonds. The molecule has 0 saturated heterocycles. The van der Waals surface area contributed by atoms with Crippen molar-refractivity contribution in [2.45, 2.75) is 33.2 Å². The fourth-order valence-corrected chi connectivity index (χ4v) is 3.18. The Morgan fingerprint density at radius 1 is 1.26 bits per heavy atom. The summed E-state index contributed by atoms with van der Waals surface area (Å²) in [4.78, 5) is 0. The first-order valence-electron chi connectivity index (χ1n) is 6.65. The lowest BCUT2D eigenvalue weighted by atomic mass is 9.92. The fourth-order valence-electron chi connectivity index (χ4n) is 2.49. The predicted molar refractivity (Wildman–Crippen MR) is 80.3 cm³/mol. The minimum Gasteiger partial charge on any atom is -0.306 e. The molecular weight excluding hydrogens is 257 g/mol. The van der Waals surface area contributed by atoms with Gasteiger partial charge in [0, 0.05) is 0 Å². The van der Waals surface area contributed by atoms with Gasteiger partial charge in [-0.3, -0.25) is 0 Å². The number of halogens is 1. The maximum Gasteiger partial charge on any atom is 0.123 e. The van der Waals surface area contributed by atoms with E-state index in [0.717, 1.165) is 24.1 Å². The van der Waals surface area contributed by atoms with E-state index in [1.54, 1.807) is 23.5 Å². The topological polar surface area (TPSA) is 12.0 Å². The summed E-state index contributed by atoms with van der Waals surface area (Å²) in [7, 11) is 0. The molecule has 0 bridgehead atoms. The molecule has 2 aromatic rings. The molecule has 1 aromatic carbocycles. The molecule has 1 N–H and O–H groups in total. The van der Waals surface area contributed by atoms with Crippen LogP contribution in [-0.4, -0.2) is 6.54 Å². The van der Waals surface area contributed by atoms with Gasteiger partial charge in [0.1, 0.15) is 5.82 Å². The molecule has 0 aliphatic rings. The van der Waals surface area contributed by atoms with E-state index in [1.807, 2.05) is 13.8 Å². The Bertz CT molecular complexity index is 511. The third-order valence-electron chi connectivity index (χ3n) is 3.32. The summed E-state index contributed by atoms with van der Waals surface area (Å²) in [5.74, 6) is -0.154. The second-order valence-corrected chi connectivity index (χ2v) is 5.68. The molecule has 1 aromatic heterocycles. The second kappa shape index (κ2) is 6.31. The summed E-state index contributed by atoms with van der Waals surface area (Å²) < 4.78 is 13.4. The number of nitrogens with one attached hydrogen (secondary N) is 1. The minimum atomic E-state index is -0.154. The normalized spacial score (nSPS) is 12.6. The van der Waals surface area contributed by atoms with Crippen LogP contribution in [0.3, 0.4) is 0 Å². The van der Waals surface area contributed by atoms with Crippen LogP contribution in [0.5, 0.6) is 0 Å². The monoisotopic (exact) mass is 277 g/mol. The summed E-state index contributed by atoms with van der Waals surface area (Å²) >= 11 is 1.70. The van der Waals surface area contributed by atoms with Crippen molar-refractivity contribution in [3.8, 4) is 0 Å². The maximum absolute atomic E-state index is 13.4. The molecule has 1 heterocycles. The zero-order valence-electron chi connectivity index (χ0n) is 11.7. The van der Waals surface area contributed by atoms with Gasteiger partial charge in [0.15, 0.2) is 0 Å². The van der Waals surface area contributed by atoms with Crippen molar-refractivity contribution in [1.82, 2.24) is 5.32 Å². The second-order valence-electron chi connectivity index (χ2n) is 4.90. The molecule has 3 heteroatoms. The van der Waals surface area contributed by atoms with Gasteiger partial charge in [-0.1, -0.05) is 6.92 Å². The first kappa shape index (κ1) is 14.2. The van der Waals surface area contributed by atoms with Crippen molar-refractivity contribution in [1.29, 1.82) is 0 Å². The van der Waals surface area contributed by atoms with Gasteiger partial charge in [0.25, 0.3) is 0 Å². The van der Waals surface area contributed by atoms with Crippen LogP contribution in [0, 0.1) is 19.7 Å². The molecule has 0 aliphatic carbocycles. The van der Waals surface area contributed by atoms with Crippen molar-refractivity contribution in [2.75, 3.05) is 6.54 Å². The van der Waals surface area contributed by atoms with E-state index in [4.69, 9.17) is 0 Å². The molecule has 2 rings (SSSR count). The molecule has 0 spiro atoms. The third kappa shape index (κ3) is 3.23. The van der Waals surface area contributed by atoms with Gasteiger partial charge in [-0.2, -0.15) is 11.3 Å². The van der Waals surface area contributed by atoms with Gasteiger partial charge in [-0.15, -0.1) is 0 Å². The summed E-state index contributed by atoms with van der Waals surface area (Å²) in [6.45, 7) is 7.08. The van der Waals surface area contributed by atoms with Gasteiger partial charge in [-0.05, 0) is 78.0 Å². The highest BCUT2D eigenvalue weighted by Crippen LogP contribution is 2.29. The van der Waals surface area contributed by atoms with Crippen molar-refractivity contribution in [3.05, 3.63) is 57.0 Å². The van der Waals surface area contributed by atoms with E-state index in [2.05, 4.69) is 29.1 Å². The van der Waals surface area contributed by atoms with Crippen LogP contribution in [0.4, 0.5) is 4.39 Å². The number of benzene rings is 1. The van der Waals surface area contributed by atoms with Crippen LogP contribution in [-0.2, 0) is 0 Å². The van der Waals surface area contributed by atoms with Crippen LogP contribution < -0.4 is 5.32 Å². The summed E-state index contributed by atoms with van der Waals surface area (Å²) in [6, 6.07) is 5.54. The molecule has 102 valence electrons. The van der Waals surface area contributed by atoms with Gasteiger partial charge in [-0.25, -0.2) is 4.39 Å². The minimum absolute atomic E-state index is 0.154. The van der Waals surface area contributed by atoms with E-state index < -0.39 is 0 Å². The number of thiophene rings is 1. The van der Waals surface area contributed by atoms with Crippen LogP contribution in [0.15, 0.2) is 29.0 Å². The molecule has 0 saturated carbocycles. The lowest BCUT2D eigenvalue weighted by molar-refractivity contribution is 0.587. The number of rotatable bonds is 5. The summed E-state index contributed by atoms with van der Waals surface area (Å²) in [5.41, 5.74) is 4.49. The molecular formula is C16H20FNS. The standard InChI is InChI=1S/C16H20FNS/c1-4-6-18-16(13-5-7-19-10-13)15-11(2)8-14(17)9-12(15)3/h5,7-10,16,18H,4,6H2,1-3H3. The first-order valence-corrected chi connectivity index (χ1v) is 7.60. The Morgan fingerprint density at radius 3 is 2.47 bits per heavy atom. The largest absolute Gasteiger partial charge is 0.306 e. The molecule has 1 atom stereocenters. The summed E-state index contributed by atoms with van der Waals surface area (Å²) in [6.07, 6.45) is 1.08. The van der Waals surface area contributed by atoms with E-state index in [-0.39, 0.29) is 11.9 Å². The Hall–Kier alpha value is -1.19. The third-order valence-corrected chi connectivity index (χ3v) is 4.02. The maximum atomic E-state index is 13.4. The molecule has 0 radical (unpaired) electrons. The van der Waals surface area contributed by atoms with Crippen molar-refractivity contribution in [3.63, 3.8) is 0 Å². The molecule has 0 aliphatic heterocycles. The molecule has 0 fully saturated rings. The smallest absolute Gasteiger partial charge is 0.123 e. The molecule has 1 nitrogen and oxygen atoms in total. The number of aryl methyl sites for hydroxylation is 2. The van der Waals surface area contributed by atoms with Crippen LogP contribution in [0.25, 0.3) is 0 Å². The van der Waals surface area contributed by atoms with Gasteiger partial charge in [0.2, 0.25) is 0 Å². The highest BCUT2D eigenvalue weighted by molar-refractivity contribution is 7.08. The van der Waals surface area contributed by atoms with Gasteiger partial charge >= 0.3 is 0 Å². The highest BCUT2D eigenvalue weighted by atomic mass is 32.1. The Labute approximate surface area is 118 Å². The number of hydrogen-bond donors (Lipinski definition) is 1. The zero-order valence-corrected chi connectivity index (χ0v) is 12.5. The Kier molecular flexibility index (Phi) is 4.72. The Morgan fingerprint density at radius 2 is 1.95 bits per heavy atom. The van der Waals surface area contributed by atoms with Crippen molar-refractivity contribution < 1.29 is 4.39 Å².